The van der Waals surface area contributed by atoms with Gasteiger partial charge in [-0.25, -0.2) is 0 Å². The molecule has 1 aromatic rings. The fourth-order valence-electron chi connectivity index (χ4n) is 3.44. The Morgan fingerprint density at radius 1 is 1.21 bits per heavy atom. The van der Waals surface area contributed by atoms with Gasteiger partial charge in [0.2, 0.25) is 11.8 Å². The van der Waals surface area contributed by atoms with Crippen LogP contribution in [0, 0.1) is 18.3 Å². The van der Waals surface area contributed by atoms with Crippen molar-refractivity contribution < 1.29 is 9.59 Å². The Kier molecular flexibility index (Phi) is 7.48. The van der Waals surface area contributed by atoms with Crippen LogP contribution < -0.4 is 10.2 Å². The van der Waals surface area contributed by atoms with Crippen molar-refractivity contribution in [3.05, 3.63) is 28.8 Å². The molecule has 1 saturated heterocycles. The number of anilines is 1. The molecular formula is C21H28ClN5O2. The van der Waals surface area contributed by atoms with Crippen molar-refractivity contribution in [2.45, 2.75) is 32.2 Å². The number of hydrogen-bond acceptors (Lipinski definition) is 5. The van der Waals surface area contributed by atoms with Crippen LogP contribution in [0.4, 0.5) is 5.69 Å². The third-order valence-corrected chi connectivity index (χ3v) is 5.76. The fraction of sp³-hybridized carbons (Fsp3) is 0.571. The highest BCUT2D eigenvalue weighted by Gasteiger charge is 2.26. The SMILES string of the molecule is Cc1cc(N(CCC#N)C(=O)CN2CCN(CC(=O)NC3CC3)CC2)ccc1Cl. The molecule has 0 bridgehead atoms. The molecule has 7 nitrogen and oxygen atoms in total. The van der Waals surface area contributed by atoms with E-state index in [1.54, 1.807) is 11.0 Å². The molecule has 0 aromatic heterocycles. The molecule has 1 heterocycles. The monoisotopic (exact) mass is 417 g/mol. The molecule has 2 aliphatic rings. The molecule has 1 aliphatic heterocycles. The van der Waals surface area contributed by atoms with E-state index in [0.717, 1.165) is 50.3 Å². The molecule has 8 heteroatoms. The average Bonchev–Trinajstić information content (AvgIpc) is 3.50. The Labute approximate surface area is 177 Å². The highest BCUT2D eigenvalue weighted by molar-refractivity contribution is 6.31. The normalized spacial score (nSPS) is 17.6. The smallest absolute Gasteiger partial charge is 0.241 e. The topological polar surface area (TPSA) is 79.7 Å². The number of carbonyl (C=O) groups excluding carboxylic acids is 2. The molecule has 1 aliphatic carbocycles. The molecule has 3 rings (SSSR count). The largest absolute Gasteiger partial charge is 0.352 e. The van der Waals surface area contributed by atoms with Gasteiger partial charge in [-0.2, -0.15) is 5.26 Å². The molecule has 0 spiro atoms. The van der Waals surface area contributed by atoms with Gasteiger partial charge < -0.3 is 10.2 Å². The number of amides is 2. The van der Waals surface area contributed by atoms with Crippen LogP contribution in [-0.4, -0.2) is 73.5 Å². The molecule has 0 unspecified atom stereocenters. The Hall–Kier alpha value is -2.14. The van der Waals surface area contributed by atoms with E-state index in [9.17, 15) is 9.59 Å². The quantitative estimate of drug-likeness (QED) is 0.697. The van der Waals surface area contributed by atoms with Gasteiger partial charge in [0.25, 0.3) is 0 Å². The zero-order valence-electron chi connectivity index (χ0n) is 16.9. The van der Waals surface area contributed by atoms with Crippen LogP contribution >= 0.6 is 11.6 Å². The minimum atomic E-state index is -0.0260. The number of benzene rings is 1. The second-order valence-electron chi connectivity index (χ2n) is 7.78. The predicted octanol–water partition coefficient (Wildman–Crippen LogP) is 1.79. The summed E-state index contributed by atoms with van der Waals surface area (Å²) in [4.78, 5) is 30.8. The molecule has 29 heavy (non-hydrogen) atoms. The summed E-state index contributed by atoms with van der Waals surface area (Å²) >= 11 is 6.11. The Balaban J connectivity index is 1.52. The van der Waals surface area contributed by atoms with Crippen molar-refractivity contribution >= 4 is 29.1 Å². The first-order valence-corrected chi connectivity index (χ1v) is 10.5. The van der Waals surface area contributed by atoms with E-state index in [4.69, 9.17) is 16.9 Å². The van der Waals surface area contributed by atoms with Gasteiger partial charge >= 0.3 is 0 Å². The second kappa shape index (κ2) is 10.1. The van der Waals surface area contributed by atoms with Crippen molar-refractivity contribution in [1.82, 2.24) is 15.1 Å². The van der Waals surface area contributed by atoms with Gasteiger partial charge in [0.15, 0.2) is 0 Å². The van der Waals surface area contributed by atoms with Gasteiger partial charge in [-0.3, -0.25) is 19.4 Å². The number of piperazine rings is 1. The van der Waals surface area contributed by atoms with Crippen LogP contribution in [-0.2, 0) is 9.59 Å². The van der Waals surface area contributed by atoms with E-state index in [1.165, 1.54) is 0 Å². The van der Waals surface area contributed by atoms with E-state index < -0.39 is 0 Å². The number of hydrogen-bond donors (Lipinski definition) is 1. The molecule has 1 N–H and O–H groups in total. The maximum Gasteiger partial charge on any atom is 0.241 e. The molecule has 1 aromatic carbocycles. The number of halogens is 1. The van der Waals surface area contributed by atoms with Crippen molar-refractivity contribution in [1.29, 1.82) is 5.26 Å². The fourth-order valence-corrected chi connectivity index (χ4v) is 3.56. The van der Waals surface area contributed by atoms with Gasteiger partial charge in [-0.15, -0.1) is 0 Å². The molecule has 2 fully saturated rings. The minimum absolute atomic E-state index is 0.0260. The maximum absolute atomic E-state index is 13.0. The number of nitrogens with zero attached hydrogens (tertiary/aromatic N) is 4. The zero-order valence-corrected chi connectivity index (χ0v) is 17.6. The summed E-state index contributed by atoms with van der Waals surface area (Å²) in [5, 5.41) is 12.6. The maximum atomic E-state index is 13.0. The number of carbonyl (C=O) groups is 2. The van der Waals surface area contributed by atoms with Crippen LogP contribution in [0.2, 0.25) is 5.02 Å². The highest BCUT2D eigenvalue weighted by Crippen LogP contribution is 2.23. The summed E-state index contributed by atoms with van der Waals surface area (Å²) in [5.41, 5.74) is 1.67. The van der Waals surface area contributed by atoms with Crippen LogP contribution in [0.1, 0.15) is 24.8 Å². The summed E-state index contributed by atoms with van der Waals surface area (Å²) in [7, 11) is 0. The van der Waals surface area contributed by atoms with Crippen molar-refractivity contribution in [3.63, 3.8) is 0 Å². The zero-order chi connectivity index (χ0) is 20.8. The van der Waals surface area contributed by atoms with Crippen molar-refractivity contribution in [3.8, 4) is 6.07 Å². The van der Waals surface area contributed by atoms with E-state index in [-0.39, 0.29) is 18.2 Å². The Morgan fingerprint density at radius 3 is 2.45 bits per heavy atom. The second-order valence-corrected chi connectivity index (χ2v) is 8.19. The van der Waals surface area contributed by atoms with Crippen LogP contribution in [0.5, 0.6) is 0 Å². The lowest BCUT2D eigenvalue weighted by atomic mass is 10.2. The third-order valence-electron chi connectivity index (χ3n) is 5.33. The number of rotatable bonds is 8. The summed E-state index contributed by atoms with van der Waals surface area (Å²) in [5.74, 6) is 0.0692. The van der Waals surface area contributed by atoms with Gasteiger partial charge in [-0.05, 0) is 43.5 Å². The van der Waals surface area contributed by atoms with Gasteiger partial charge in [-0.1, -0.05) is 11.6 Å². The lowest BCUT2D eigenvalue weighted by Gasteiger charge is -2.35. The molecule has 0 radical (unpaired) electrons. The predicted molar refractivity (Wildman–Crippen MR) is 113 cm³/mol. The Morgan fingerprint density at radius 2 is 1.86 bits per heavy atom. The summed E-state index contributed by atoms with van der Waals surface area (Å²) in [6, 6.07) is 7.99. The summed E-state index contributed by atoms with van der Waals surface area (Å²) < 4.78 is 0. The van der Waals surface area contributed by atoms with Crippen LogP contribution in [0.3, 0.4) is 0 Å². The number of nitrogens with one attached hydrogen (secondary N) is 1. The molecular weight excluding hydrogens is 390 g/mol. The highest BCUT2D eigenvalue weighted by atomic mass is 35.5. The van der Waals surface area contributed by atoms with E-state index in [1.807, 2.05) is 19.1 Å². The average molecular weight is 418 g/mol. The third kappa shape index (κ3) is 6.43. The number of nitriles is 1. The van der Waals surface area contributed by atoms with Gasteiger partial charge in [0, 0.05) is 49.5 Å². The van der Waals surface area contributed by atoms with E-state index >= 15 is 0 Å². The van der Waals surface area contributed by atoms with E-state index in [2.05, 4.69) is 21.2 Å². The Bertz CT molecular complexity index is 782. The molecule has 0 atom stereocenters. The van der Waals surface area contributed by atoms with Crippen LogP contribution in [0.25, 0.3) is 0 Å². The summed E-state index contributed by atoms with van der Waals surface area (Å²) in [6.07, 6.45) is 2.46. The van der Waals surface area contributed by atoms with E-state index in [0.29, 0.717) is 30.7 Å². The molecule has 156 valence electrons. The van der Waals surface area contributed by atoms with Crippen molar-refractivity contribution in [2.24, 2.45) is 0 Å². The standard InChI is InChI=1S/C21H28ClN5O2/c1-16-13-18(5-6-19(16)22)27(8-2-7-23)21(29)15-26-11-9-25(10-12-26)14-20(28)24-17-3-4-17/h5-6,13,17H,2-4,8-12,14-15H2,1H3,(H,24,28). The first kappa shape index (κ1) is 21.6. The summed E-state index contributed by atoms with van der Waals surface area (Å²) in [6.45, 7) is 6.01. The first-order chi connectivity index (χ1) is 14.0. The van der Waals surface area contributed by atoms with Crippen molar-refractivity contribution in [2.75, 3.05) is 50.7 Å². The van der Waals surface area contributed by atoms with Gasteiger partial charge in [0.05, 0.1) is 25.6 Å². The molecule has 2 amide bonds. The van der Waals surface area contributed by atoms with Crippen LogP contribution in [0.15, 0.2) is 18.2 Å². The number of aryl methyl sites for hydroxylation is 1. The molecule has 1 saturated carbocycles. The first-order valence-electron chi connectivity index (χ1n) is 10.1. The lowest BCUT2D eigenvalue weighted by Crippen LogP contribution is -2.52. The van der Waals surface area contributed by atoms with Gasteiger partial charge in [0.1, 0.15) is 0 Å². The minimum Gasteiger partial charge on any atom is -0.352 e. The lowest BCUT2D eigenvalue weighted by molar-refractivity contribution is -0.124.